The molecule has 2 unspecified atom stereocenters. The van der Waals surface area contributed by atoms with E-state index in [1.165, 1.54) is 4.88 Å². The van der Waals surface area contributed by atoms with Crippen LogP contribution in [0.3, 0.4) is 0 Å². The molecule has 1 aromatic heterocycles. The van der Waals surface area contributed by atoms with Crippen molar-refractivity contribution in [3.05, 3.63) is 16.3 Å². The standard InChI is InChI=1S/C11H19NO2S/c1-8(7-13)9(2)12-6-11-10(14-3)4-5-15-11/h4-5,8-9,12-13H,6-7H2,1-3H3. The molecule has 2 atom stereocenters. The van der Waals surface area contributed by atoms with Gasteiger partial charge in [-0.3, -0.25) is 0 Å². The molecule has 0 aromatic carbocycles. The molecule has 0 radical (unpaired) electrons. The van der Waals surface area contributed by atoms with E-state index in [1.54, 1.807) is 18.4 Å². The van der Waals surface area contributed by atoms with Crippen LogP contribution in [0.1, 0.15) is 18.7 Å². The molecule has 0 aliphatic carbocycles. The summed E-state index contributed by atoms with van der Waals surface area (Å²) in [7, 11) is 1.69. The van der Waals surface area contributed by atoms with Crippen molar-refractivity contribution in [2.45, 2.75) is 26.4 Å². The molecule has 0 saturated heterocycles. The summed E-state index contributed by atoms with van der Waals surface area (Å²) in [5, 5.41) is 14.4. The molecule has 0 aliphatic heterocycles. The summed E-state index contributed by atoms with van der Waals surface area (Å²) in [5.41, 5.74) is 0. The molecule has 1 heterocycles. The van der Waals surface area contributed by atoms with Crippen LogP contribution in [0.4, 0.5) is 0 Å². The third-order valence-corrected chi connectivity index (χ3v) is 3.55. The molecule has 0 saturated carbocycles. The molecule has 0 fully saturated rings. The Balaban J connectivity index is 2.43. The predicted octanol–water partition coefficient (Wildman–Crippen LogP) is 1.86. The van der Waals surface area contributed by atoms with Crippen molar-refractivity contribution in [3.63, 3.8) is 0 Å². The molecule has 0 spiro atoms. The second kappa shape index (κ2) is 6.10. The largest absolute Gasteiger partial charge is 0.496 e. The van der Waals surface area contributed by atoms with E-state index < -0.39 is 0 Å². The highest BCUT2D eigenvalue weighted by Gasteiger charge is 2.11. The van der Waals surface area contributed by atoms with Gasteiger partial charge in [-0.25, -0.2) is 0 Å². The van der Waals surface area contributed by atoms with Crippen LogP contribution >= 0.6 is 11.3 Å². The maximum absolute atomic E-state index is 9.00. The van der Waals surface area contributed by atoms with Crippen LogP contribution in [-0.2, 0) is 6.54 Å². The van der Waals surface area contributed by atoms with E-state index in [4.69, 9.17) is 9.84 Å². The zero-order valence-corrected chi connectivity index (χ0v) is 10.3. The Hall–Kier alpha value is -0.580. The topological polar surface area (TPSA) is 41.5 Å². The SMILES string of the molecule is COc1ccsc1CNC(C)C(C)CO. The van der Waals surface area contributed by atoms with Crippen LogP contribution in [0.15, 0.2) is 11.4 Å². The van der Waals surface area contributed by atoms with Gasteiger partial charge in [0.15, 0.2) is 0 Å². The fourth-order valence-corrected chi connectivity index (χ4v) is 2.04. The minimum Gasteiger partial charge on any atom is -0.496 e. The predicted molar refractivity (Wildman–Crippen MR) is 63.4 cm³/mol. The summed E-state index contributed by atoms with van der Waals surface area (Å²) < 4.78 is 5.23. The maximum atomic E-state index is 9.00. The number of aliphatic hydroxyl groups is 1. The summed E-state index contributed by atoms with van der Waals surface area (Å²) in [5.74, 6) is 1.22. The molecule has 0 bridgehead atoms. The van der Waals surface area contributed by atoms with Crippen molar-refractivity contribution in [2.24, 2.45) is 5.92 Å². The van der Waals surface area contributed by atoms with Crippen molar-refractivity contribution in [3.8, 4) is 5.75 Å². The van der Waals surface area contributed by atoms with Crippen molar-refractivity contribution in [1.29, 1.82) is 0 Å². The maximum Gasteiger partial charge on any atom is 0.134 e. The number of ether oxygens (including phenoxy) is 1. The third kappa shape index (κ3) is 3.48. The van der Waals surface area contributed by atoms with Crippen molar-refractivity contribution < 1.29 is 9.84 Å². The Kier molecular flexibility index (Phi) is 5.08. The first-order valence-corrected chi connectivity index (χ1v) is 6.01. The Labute approximate surface area is 95.1 Å². The lowest BCUT2D eigenvalue weighted by molar-refractivity contribution is 0.207. The van der Waals surface area contributed by atoms with Gasteiger partial charge in [0.05, 0.1) is 12.0 Å². The average molecular weight is 229 g/mol. The normalized spacial score (nSPS) is 14.9. The van der Waals surface area contributed by atoms with E-state index in [9.17, 15) is 0 Å². The van der Waals surface area contributed by atoms with Crippen molar-refractivity contribution in [1.82, 2.24) is 5.32 Å². The number of thiophene rings is 1. The fraction of sp³-hybridized carbons (Fsp3) is 0.636. The lowest BCUT2D eigenvalue weighted by atomic mass is 10.1. The molecule has 3 nitrogen and oxygen atoms in total. The number of rotatable bonds is 6. The van der Waals surface area contributed by atoms with Gasteiger partial charge in [-0.05, 0) is 24.3 Å². The molecular formula is C11H19NO2S. The Morgan fingerprint density at radius 1 is 1.53 bits per heavy atom. The van der Waals surface area contributed by atoms with Gasteiger partial charge in [-0.2, -0.15) is 0 Å². The summed E-state index contributed by atoms with van der Waals surface area (Å²) in [6.45, 7) is 5.13. The Morgan fingerprint density at radius 2 is 2.27 bits per heavy atom. The number of nitrogens with one attached hydrogen (secondary N) is 1. The first kappa shape index (κ1) is 12.5. The molecule has 1 rings (SSSR count). The Bertz CT molecular complexity index is 288. The van der Waals surface area contributed by atoms with Crippen LogP contribution < -0.4 is 10.1 Å². The van der Waals surface area contributed by atoms with Crippen LogP contribution in [0.2, 0.25) is 0 Å². The van der Waals surface area contributed by atoms with Crippen LogP contribution in [0, 0.1) is 5.92 Å². The molecule has 4 heteroatoms. The van der Waals surface area contributed by atoms with Gasteiger partial charge in [0.2, 0.25) is 0 Å². The van der Waals surface area contributed by atoms with E-state index >= 15 is 0 Å². The van der Waals surface area contributed by atoms with Crippen LogP contribution in [0.25, 0.3) is 0 Å². The number of methoxy groups -OCH3 is 1. The number of hydrogen-bond donors (Lipinski definition) is 2. The second-order valence-electron chi connectivity index (χ2n) is 3.74. The minimum atomic E-state index is 0.218. The third-order valence-electron chi connectivity index (χ3n) is 2.65. The highest BCUT2D eigenvalue weighted by Crippen LogP contribution is 2.24. The van der Waals surface area contributed by atoms with E-state index in [2.05, 4.69) is 12.2 Å². The van der Waals surface area contributed by atoms with Gasteiger partial charge in [-0.15, -0.1) is 11.3 Å². The minimum absolute atomic E-state index is 0.218. The van der Waals surface area contributed by atoms with Gasteiger partial charge in [0, 0.05) is 19.2 Å². The highest BCUT2D eigenvalue weighted by atomic mass is 32.1. The van der Waals surface area contributed by atoms with Gasteiger partial charge < -0.3 is 15.2 Å². The van der Waals surface area contributed by atoms with Crippen LogP contribution in [-0.4, -0.2) is 24.9 Å². The van der Waals surface area contributed by atoms with Gasteiger partial charge in [0.25, 0.3) is 0 Å². The van der Waals surface area contributed by atoms with E-state index in [1.807, 2.05) is 18.4 Å². The number of aliphatic hydroxyl groups excluding tert-OH is 1. The molecular weight excluding hydrogens is 210 g/mol. The molecule has 15 heavy (non-hydrogen) atoms. The zero-order chi connectivity index (χ0) is 11.3. The van der Waals surface area contributed by atoms with Gasteiger partial charge >= 0.3 is 0 Å². The first-order chi connectivity index (χ1) is 7.19. The van der Waals surface area contributed by atoms with Crippen molar-refractivity contribution in [2.75, 3.05) is 13.7 Å². The fourth-order valence-electron chi connectivity index (χ4n) is 1.25. The molecule has 86 valence electrons. The summed E-state index contributed by atoms with van der Waals surface area (Å²) in [6.07, 6.45) is 0. The molecule has 0 amide bonds. The second-order valence-corrected chi connectivity index (χ2v) is 4.74. The Morgan fingerprint density at radius 3 is 2.87 bits per heavy atom. The molecule has 0 aliphatic rings. The van der Waals surface area contributed by atoms with E-state index in [0.717, 1.165) is 12.3 Å². The average Bonchev–Trinajstić information content (AvgIpc) is 2.71. The lowest BCUT2D eigenvalue weighted by Gasteiger charge is -2.19. The molecule has 1 aromatic rings. The quantitative estimate of drug-likeness (QED) is 0.782. The smallest absolute Gasteiger partial charge is 0.134 e. The van der Waals surface area contributed by atoms with E-state index in [0.29, 0.717) is 6.04 Å². The highest BCUT2D eigenvalue weighted by molar-refractivity contribution is 7.10. The van der Waals surface area contributed by atoms with Gasteiger partial charge in [0.1, 0.15) is 5.75 Å². The summed E-state index contributed by atoms with van der Waals surface area (Å²) in [6, 6.07) is 2.28. The van der Waals surface area contributed by atoms with E-state index in [-0.39, 0.29) is 12.5 Å². The first-order valence-electron chi connectivity index (χ1n) is 5.13. The van der Waals surface area contributed by atoms with Crippen molar-refractivity contribution >= 4 is 11.3 Å². The monoisotopic (exact) mass is 229 g/mol. The number of hydrogen-bond acceptors (Lipinski definition) is 4. The van der Waals surface area contributed by atoms with Crippen LogP contribution in [0.5, 0.6) is 5.75 Å². The zero-order valence-electron chi connectivity index (χ0n) is 9.49. The van der Waals surface area contributed by atoms with Gasteiger partial charge in [-0.1, -0.05) is 6.92 Å². The lowest BCUT2D eigenvalue weighted by Crippen LogP contribution is -2.33. The molecule has 2 N–H and O–H groups in total. The summed E-state index contributed by atoms with van der Waals surface area (Å²) >= 11 is 1.69. The summed E-state index contributed by atoms with van der Waals surface area (Å²) in [4.78, 5) is 1.20.